The molecular weight excluding hydrogens is 685 g/mol. The maximum absolute atomic E-state index is 12.4. The number of Topliss-reactive ketones (excluding diaryl/α,β-unsaturated/α-hetero) is 1. The van der Waals surface area contributed by atoms with Gasteiger partial charge in [0.15, 0.2) is 5.71 Å². The topological polar surface area (TPSA) is 138 Å². The molecule has 0 fully saturated rings. The molecule has 0 spiro atoms. The van der Waals surface area contributed by atoms with Crippen molar-refractivity contribution in [2.45, 2.75) is 109 Å². The van der Waals surface area contributed by atoms with Gasteiger partial charge in [-0.05, 0) is 76.8 Å². The Morgan fingerprint density at radius 3 is 2.29 bits per heavy atom. The molecule has 278 valence electrons. The summed E-state index contributed by atoms with van der Waals surface area (Å²) in [6.45, 7) is 15.5. The van der Waals surface area contributed by atoms with Crippen LogP contribution >= 0.6 is 0 Å². The molecule has 0 radical (unpaired) electrons. The van der Waals surface area contributed by atoms with Crippen molar-refractivity contribution < 1.29 is 35.3 Å². The molecule has 0 aliphatic carbocycles. The van der Waals surface area contributed by atoms with Crippen molar-refractivity contribution in [1.82, 2.24) is 0 Å². The fourth-order valence-corrected chi connectivity index (χ4v) is 8.34. The van der Waals surface area contributed by atoms with Gasteiger partial charge in [0.25, 0.3) is 0 Å². The standard InChI is InChI=1S/C40H54N2O7S2/c1-8-9-24-42-35-21-19-30(4)27-33(35)40(7,23-14-13-16-36(43)29(2)3)38(42)18-12-10-11-17-37-39(5,6)32-28-31(51(47,48)49)20-22-34(32)41(37)25-15-26-50(44,45)46/h10-12,17-22,27-29H,8-9,13-16,23-26H2,1-7H3,(H-,44,45,46,47,48,49)/p-1. The second-order valence-electron chi connectivity index (χ2n) is 14.9. The van der Waals surface area contributed by atoms with Gasteiger partial charge < -0.3 is 14.0 Å². The monoisotopic (exact) mass is 737 g/mol. The highest BCUT2D eigenvalue weighted by Crippen LogP contribution is 2.51. The molecule has 1 unspecified atom stereocenters. The van der Waals surface area contributed by atoms with Crippen LogP contribution in [0.1, 0.15) is 103 Å². The normalized spacial score (nSPS) is 19.6. The van der Waals surface area contributed by atoms with Crippen LogP contribution < -0.4 is 4.90 Å². The summed E-state index contributed by atoms with van der Waals surface area (Å²) in [5.74, 6) is -0.183. The van der Waals surface area contributed by atoms with E-state index in [2.05, 4.69) is 49.9 Å². The molecule has 0 aromatic heterocycles. The Hall–Kier alpha value is -3.38. The predicted molar refractivity (Wildman–Crippen MR) is 202 cm³/mol. The second kappa shape index (κ2) is 16.1. The van der Waals surface area contributed by atoms with Gasteiger partial charge in [0.05, 0.1) is 20.4 Å². The van der Waals surface area contributed by atoms with E-state index in [1.54, 1.807) is 6.07 Å². The number of carbonyl (C=O) groups is 1. The smallest absolute Gasteiger partial charge is 0.209 e. The van der Waals surface area contributed by atoms with Crippen LogP contribution in [0.3, 0.4) is 0 Å². The Kier molecular flexibility index (Phi) is 12.8. The van der Waals surface area contributed by atoms with E-state index in [0.717, 1.165) is 44.4 Å². The van der Waals surface area contributed by atoms with E-state index in [1.807, 2.05) is 56.6 Å². The quantitative estimate of drug-likeness (QED) is 0.0702. The van der Waals surface area contributed by atoms with Gasteiger partial charge in [-0.2, -0.15) is 4.58 Å². The number of fused-ring (bicyclic) bond motifs is 2. The number of allylic oxidation sites excluding steroid dienone is 6. The third kappa shape index (κ3) is 9.35. The van der Waals surface area contributed by atoms with Crippen molar-refractivity contribution in [2.24, 2.45) is 5.92 Å². The SMILES string of the molecule is CCCCN1/C(=C/C=C/C=C/C2=[N+](CCCS(=O)(=O)[O-])c3ccc(S(=O)(=O)[O-])cc3C2(C)C)C(C)(CCCCC(=O)C(C)C)c2cc(C)ccc21. The molecule has 2 aromatic carbocycles. The molecule has 0 saturated carbocycles. The van der Waals surface area contributed by atoms with Gasteiger partial charge in [0, 0.05) is 65.6 Å². The highest BCUT2D eigenvalue weighted by atomic mass is 32.2. The molecule has 4 rings (SSSR count). The van der Waals surface area contributed by atoms with Crippen LogP contribution in [0.15, 0.2) is 77.4 Å². The fourth-order valence-electron chi connectivity index (χ4n) is 7.36. The molecule has 0 N–H and O–H groups in total. The lowest BCUT2D eigenvalue weighted by Gasteiger charge is -2.30. The number of unbranched alkanes of at least 4 members (excludes halogenated alkanes) is 2. The Morgan fingerprint density at radius 1 is 0.922 bits per heavy atom. The van der Waals surface area contributed by atoms with E-state index in [-0.39, 0.29) is 29.2 Å². The molecule has 2 aliphatic rings. The number of rotatable bonds is 17. The molecule has 11 heteroatoms. The number of aryl methyl sites for hydroxylation is 1. The summed E-state index contributed by atoms with van der Waals surface area (Å²) in [7, 11) is -9.11. The molecule has 0 bridgehead atoms. The molecule has 0 saturated heterocycles. The van der Waals surface area contributed by atoms with Crippen molar-refractivity contribution in [3.8, 4) is 0 Å². The van der Waals surface area contributed by atoms with Crippen LogP contribution in [0.2, 0.25) is 0 Å². The van der Waals surface area contributed by atoms with Gasteiger partial charge in [-0.25, -0.2) is 16.8 Å². The summed E-state index contributed by atoms with van der Waals surface area (Å²) in [6.07, 6.45) is 15.4. The zero-order chi connectivity index (χ0) is 37.8. The number of nitrogens with zero attached hydrogens (tertiary/aromatic N) is 2. The zero-order valence-corrected chi connectivity index (χ0v) is 32.7. The minimum absolute atomic E-state index is 0.0447. The van der Waals surface area contributed by atoms with E-state index < -0.39 is 31.4 Å². The van der Waals surface area contributed by atoms with E-state index in [0.29, 0.717) is 23.5 Å². The fraction of sp³-hybridized carbons (Fsp3) is 0.500. The van der Waals surface area contributed by atoms with Crippen LogP contribution in [-0.2, 0) is 35.9 Å². The van der Waals surface area contributed by atoms with Crippen LogP contribution in [0, 0.1) is 12.8 Å². The first-order chi connectivity index (χ1) is 23.8. The molecule has 2 heterocycles. The first-order valence-corrected chi connectivity index (χ1v) is 21.0. The first kappa shape index (κ1) is 40.4. The number of hydrogen-bond donors (Lipinski definition) is 0. The van der Waals surface area contributed by atoms with Crippen LogP contribution in [0.25, 0.3) is 0 Å². The van der Waals surface area contributed by atoms with Gasteiger partial charge in [0.2, 0.25) is 5.69 Å². The average Bonchev–Trinajstić information content (AvgIpc) is 3.39. The molecule has 1 atom stereocenters. The largest absolute Gasteiger partial charge is 0.748 e. The average molecular weight is 738 g/mol. The van der Waals surface area contributed by atoms with E-state index in [1.165, 1.54) is 34.6 Å². The van der Waals surface area contributed by atoms with Crippen LogP contribution in [0.4, 0.5) is 11.4 Å². The van der Waals surface area contributed by atoms with E-state index in [4.69, 9.17) is 0 Å². The van der Waals surface area contributed by atoms with E-state index in [9.17, 15) is 30.7 Å². The van der Waals surface area contributed by atoms with Crippen molar-refractivity contribution >= 4 is 43.1 Å². The second-order valence-corrected chi connectivity index (χ2v) is 17.8. The minimum Gasteiger partial charge on any atom is -0.748 e. The van der Waals surface area contributed by atoms with Crippen molar-refractivity contribution in [3.05, 3.63) is 89.2 Å². The van der Waals surface area contributed by atoms with Gasteiger partial charge >= 0.3 is 0 Å². The summed E-state index contributed by atoms with van der Waals surface area (Å²) in [5, 5.41) is 0. The number of benzene rings is 2. The van der Waals surface area contributed by atoms with Crippen LogP contribution in [-0.4, -0.2) is 60.9 Å². The number of carbonyl (C=O) groups excluding carboxylic acids is 1. The molecular formula is C40H53N2O7S2-. The van der Waals surface area contributed by atoms with Gasteiger partial charge in [-0.3, -0.25) is 4.79 Å². The number of anilines is 1. The Bertz CT molecular complexity index is 1970. The summed E-state index contributed by atoms with van der Waals surface area (Å²) in [6, 6.07) is 10.9. The lowest BCUT2D eigenvalue weighted by atomic mass is 9.76. The summed E-state index contributed by atoms with van der Waals surface area (Å²) in [4.78, 5) is 14.5. The molecule has 9 nitrogen and oxygen atoms in total. The molecule has 2 aromatic rings. The van der Waals surface area contributed by atoms with Crippen molar-refractivity contribution in [1.29, 1.82) is 0 Å². The minimum atomic E-state index is -4.69. The van der Waals surface area contributed by atoms with E-state index >= 15 is 0 Å². The summed E-state index contributed by atoms with van der Waals surface area (Å²) >= 11 is 0. The molecule has 2 aliphatic heterocycles. The Labute approximate surface area is 305 Å². The highest BCUT2D eigenvalue weighted by Gasteiger charge is 2.45. The maximum atomic E-state index is 12.4. The molecule has 51 heavy (non-hydrogen) atoms. The Balaban J connectivity index is 1.69. The summed E-state index contributed by atoms with van der Waals surface area (Å²) in [5.41, 5.74) is 6.07. The van der Waals surface area contributed by atoms with Gasteiger partial charge in [-0.15, -0.1) is 0 Å². The number of ketones is 1. The zero-order valence-electron chi connectivity index (χ0n) is 31.1. The van der Waals surface area contributed by atoms with Gasteiger partial charge in [-0.1, -0.05) is 69.5 Å². The Morgan fingerprint density at radius 2 is 1.65 bits per heavy atom. The predicted octanol–water partition coefficient (Wildman–Crippen LogP) is 7.57. The van der Waals surface area contributed by atoms with Crippen molar-refractivity contribution in [2.75, 3.05) is 23.7 Å². The maximum Gasteiger partial charge on any atom is 0.209 e. The molecule has 0 amide bonds. The first-order valence-electron chi connectivity index (χ1n) is 18.0. The van der Waals surface area contributed by atoms with Crippen molar-refractivity contribution in [3.63, 3.8) is 0 Å². The number of hydrogen-bond acceptors (Lipinski definition) is 8. The van der Waals surface area contributed by atoms with Crippen LogP contribution in [0.5, 0.6) is 0 Å². The highest BCUT2D eigenvalue weighted by molar-refractivity contribution is 7.86. The lowest BCUT2D eigenvalue weighted by Crippen LogP contribution is -2.29. The third-order valence-electron chi connectivity index (χ3n) is 10.3. The summed E-state index contributed by atoms with van der Waals surface area (Å²) < 4.78 is 71.6. The van der Waals surface area contributed by atoms with Gasteiger partial charge in [0.1, 0.15) is 22.4 Å². The third-order valence-corrected chi connectivity index (χ3v) is 11.9. The lowest BCUT2D eigenvalue weighted by molar-refractivity contribution is -0.437.